The van der Waals surface area contributed by atoms with Gasteiger partial charge in [0.25, 0.3) is 0 Å². The van der Waals surface area contributed by atoms with Gasteiger partial charge in [-0.2, -0.15) is 0 Å². The first-order valence-electron chi connectivity index (χ1n) is 9.19. The molecule has 0 saturated heterocycles. The molecular weight excluding hydrogens is 394 g/mol. The first-order chi connectivity index (χ1) is 14.2. The van der Waals surface area contributed by atoms with E-state index in [1.54, 1.807) is 12.1 Å². The molecule has 1 heterocycles. The van der Waals surface area contributed by atoms with E-state index in [9.17, 15) is 29.7 Å². The van der Waals surface area contributed by atoms with Gasteiger partial charge in [0, 0.05) is 18.3 Å². The molecule has 2 aromatic rings. The van der Waals surface area contributed by atoms with Gasteiger partial charge in [-0.05, 0) is 31.0 Å². The van der Waals surface area contributed by atoms with Crippen molar-refractivity contribution in [3.8, 4) is 5.75 Å². The van der Waals surface area contributed by atoms with Crippen LogP contribution in [-0.4, -0.2) is 67.3 Å². The number of nitrogens with two attached hydrogens (primary N) is 1. The van der Waals surface area contributed by atoms with Crippen molar-refractivity contribution in [3.05, 3.63) is 48.0 Å². The summed E-state index contributed by atoms with van der Waals surface area (Å²) in [5.74, 6) is -2.75. The van der Waals surface area contributed by atoms with Gasteiger partial charge in [-0.3, -0.25) is 9.59 Å². The minimum Gasteiger partial charge on any atom is -0.508 e. The number of carboxylic acids is 1. The van der Waals surface area contributed by atoms with Crippen LogP contribution in [0.1, 0.15) is 18.2 Å². The minimum atomic E-state index is -1.40. The van der Waals surface area contributed by atoms with Crippen molar-refractivity contribution >= 4 is 17.8 Å². The summed E-state index contributed by atoms with van der Waals surface area (Å²) < 4.78 is 0. The Balaban J connectivity index is 2.00. The average Bonchev–Trinajstić information content (AvgIpc) is 3.19. The fourth-order valence-electron chi connectivity index (χ4n) is 2.72. The Bertz CT molecular complexity index is 853. The van der Waals surface area contributed by atoms with Gasteiger partial charge < -0.3 is 36.7 Å². The highest BCUT2D eigenvalue weighted by molar-refractivity contribution is 5.92. The van der Waals surface area contributed by atoms with Crippen LogP contribution >= 0.6 is 0 Å². The molecule has 30 heavy (non-hydrogen) atoms. The largest absolute Gasteiger partial charge is 0.508 e. The summed E-state index contributed by atoms with van der Waals surface area (Å²) in [6.45, 7) is 1.29. The van der Waals surface area contributed by atoms with E-state index >= 15 is 0 Å². The standard InChI is InChI=1S/C19H25N5O6/c1-10(25)16(18(28)23-15(19(29)30)7-12-8-21-9-22-12)24-17(27)14(20)6-11-2-4-13(26)5-3-11/h2-5,8-10,14-16,25-26H,6-7,20H2,1H3,(H,21,22)(H,23,28)(H,24,27)(H,29,30)/t10-,14+,15+,16+/m1/s1. The Hall–Kier alpha value is -3.44. The number of aliphatic hydroxyl groups excluding tert-OH is 1. The highest BCUT2D eigenvalue weighted by atomic mass is 16.4. The number of amides is 2. The van der Waals surface area contributed by atoms with Crippen molar-refractivity contribution < 1.29 is 29.7 Å². The van der Waals surface area contributed by atoms with Gasteiger partial charge in [0.1, 0.15) is 17.8 Å². The lowest BCUT2D eigenvalue weighted by Crippen LogP contribution is -2.58. The maximum Gasteiger partial charge on any atom is 0.326 e. The number of carbonyl (C=O) groups is 3. The number of phenolic OH excluding ortho intramolecular Hbond substituents is 1. The van der Waals surface area contributed by atoms with Crippen LogP contribution < -0.4 is 16.4 Å². The smallest absolute Gasteiger partial charge is 0.326 e. The van der Waals surface area contributed by atoms with Gasteiger partial charge in [-0.15, -0.1) is 0 Å². The molecule has 162 valence electrons. The van der Waals surface area contributed by atoms with Crippen molar-refractivity contribution in [3.63, 3.8) is 0 Å². The van der Waals surface area contributed by atoms with E-state index in [4.69, 9.17) is 5.73 Å². The average molecular weight is 419 g/mol. The number of carboxylic acid groups (broad SMARTS) is 1. The molecule has 0 fully saturated rings. The van der Waals surface area contributed by atoms with E-state index in [1.165, 1.54) is 31.6 Å². The Kier molecular flexibility index (Phi) is 7.90. The molecule has 8 N–H and O–H groups in total. The number of aliphatic carboxylic acids is 1. The van der Waals surface area contributed by atoms with Crippen molar-refractivity contribution in [1.82, 2.24) is 20.6 Å². The van der Waals surface area contributed by atoms with Crippen LogP contribution in [0.3, 0.4) is 0 Å². The van der Waals surface area contributed by atoms with E-state index in [0.717, 1.165) is 0 Å². The molecule has 0 radical (unpaired) electrons. The number of aromatic hydroxyl groups is 1. The summed E-state index contributed by atoms with van der Waals surface area (Å²) in [5, 5.41) is 33.3. The van der Waals surface area contributed by atoms with Gasteiger partial charge in [-0.1, -0.05) is 12.1 Å². The number of imidazole rings is 1. The number of aromatic nitrogens is 2. The Morgan fingerprint density at radius 3 is 2.33 bits per heavy atom. The summed E-state index contributed by atoms with van der Waals surface area (Å²) in [4.78, 5) is 42.9. The number of carbonyl (C=O) groups excluding carboxylic acids is 2. The highest BCUT2D eigenvalue weighted by Crippen LogP contribution is 2.11. The van der Waals surface area contributed by atoms with Gasteiger partial charge in [0.15, 0.2) is 0 Å². The van der Waals surface area contributed by atoms with Crippen LogP contribution in [0, 0.1) is 0 Å². The van der Waals surface area contributed by atoms with Crippen LogP contribution in [0.15, 0.2) is 36.8 Å². The number of aliphatic hydroxyl groups is 1. The van der Waals surface area contributed by atoms with E-state index < -0.39 is 42.0 Å². The third kappa shape index (κ3) is 6.57. The third-order valence-electron chi connectivity index (χ3n) is 4.38. The second kappa shape index (κ2) is 10.4. The Morgan fingerprint density at radius 2 is 1.80 bits per heavy atom. The lowest BCUT2D eigenvalue weighted by Gasteiger charge is -2.24. The number of phenols is 1. The molecule has 4 atom stereocenters. The van der Waals surface area contributed by atoms with Crippen molar-refractivity contribution in [1.29, 1.82) is 0 Å². The molecule has 0 aliphatic rings. The zero-order valence-corrected chi connectivity index (χ0v) is 16.3. The second-order valence-corrected chi connectivity index (χ2v) is 6.88. The fourth-order valence-corrected chi connectivity index (χ4v) is 2.72. The lowest BCUT2D eigenvalue weighted by atomic mass is 10.0. The SMILES string of the molecule is C[C@@H](O)[C@H](NC(=O)[C@@H](N)Cc1ccc(O)cc1)C(=O)N[C@@H](Cc1cnc[nH]1)C(=O)O. The van der Waals surface area contributed by atoms with Gasteiger partial charge in [-0.25, -0.2) is 9.78 Å². The van der Waals surface area contributed by atoms with Gasteiger partial charge in [0.05, 0.1) is 18.5 Å². The Labute approximate surface area is 172 Å². The molecule has 0 aliphatic heterocycles. The quantitative estimate of drug-likeness (QED) is 0.246. The van der Waals surface area contributed by atoms with Crippen LogP contribution in [0.4, 0.5) is 0 Å². The number of benzene rings is 1. The molecular formula is C19H25N5O6. The molecule has 0 unspecified atom stereocenters. The lowest BCUT2D eigenvalue weighted by molar-refractivity contribution is -0.142. The maximum absolute atomic E-state index is 12.5. The first-order valence-corrected chi connectivity index (χ1v) is 9.19. The monoisotopic (exact) mass is 419 g/mol. The molecule has 2 rings (SSSR count). The number of hydrogen-bond acceptors (Lipinski definition) is 7. The summed E-state index contributed by atoms with van der Waals surface area (Å²) in [7, 11) is 0. The van der Waals surface area contributed by atoms with E-state index in [-0.39, 0.29) is 18.6 Å². The molecule has 1 aromatic carbocycles. The van der Waals surface area contributed by atoms with Crippen LogP contribution in [-0.2, 0) is 27.2 Å². The number of rotatable bonds is 10. The predicted octanol–water partition coefficient (Wildman–Crippen LogP) is -1.34. The predicted molar refractivity (Wildman–Crippen MR) is 105 cm³/mol. The van der Waals surface area contributed by atoms with Crippen LogP contribution in [0.2, 0.25) is 0 Å². The number of nitrogens with zero attached hydrogens (tertiary/aromatic N) is 1. The van der Waals surface area contributed by atoms with Crippen molar-refractivity contribution in [2.24, 2.45) is 5.73 Å². The van der Waals surface area contributed by atoms with Crippen LogP contribution in [0.25, 0.3) is 0 Å². The zero-order valence-electron chi connectivity index (χ0n) is 16.3. The molecule has 0 spiro atoms. The summed E-state index contributed by atoms with van der Waals surface area (Å²) in [6, 6.07) is 2.41. The first kappa shape index (κ1) is 22.8. The Morgan fingerprint density at radius 1 is 1.13 bits per heavy atom. The molecule has 2 amide bonds. The van der Waals surface area contributed by atoms with E-state index in [0.29, 0.717) is 11.3 Å². The summed E-state index contributed by atoms with van der Waals surface area (Å²) >= 11 is 0. The highest BCUT2D eigenvalue weighted by Gasteiger charge is 2.31. The van der Waals surface area contributed by atoms with Crippen molar-refractivity contribution in [2.45, 2.75) is 44.0 Å². The zero-order chi connectivity index (χ0) is 22.3. The molecule has 1 aromatic heterocycles. The molecule has 11 nitrogen and oxygen atoms in total. The third-order valence-corrected chi connectivity index (χ3v) is 4.38. The fraction of sp³-hybridized carbons (Fsp3) is 0.368. The molecule has 0 saturated carbocycles. The summed E-state index contributed by atoms with van der Waals surface area (Å²) in [6.07, 6.45) is 1.60. The maximum atomic E-state index is 12.5. The van der Waals surface area contributed by atoms with E-state index in [1.807, 2.05) is 0 Å². The second-order valence-electron chi connectivity index (χ2n) is 6.88. The molecule has 0 bridgehead atoms. The molecule has 0 aliphatic carbocycles. The van der Waals surface area contributed by atoms with E-state index in [2.05, 4.69) is 20.6 Å². The normalized spacial score (nSPS) is 14.9. The van der Waals surface area contributed by atoms with Gasteiger partial charge in [0.2, 0.25) is 11.8 Å². The van der Waals surface area contributed by atoms with Crippen molar-refractivity contribution in [2.75, 3.05) is 0 Å². The topological polar surface area (TPSA) is 191 Å². The summed E-state index contributed by atoms with van der Waals surface area (Å²) in [5.41, 5.74) is 7.07. The van der Waals surface area contributed by atoms with Gasteiger partial charge >= 0.3 is 5.97 Å². The minimum absolute atomic E-state index is 0.0537. The number of hydrogen-bond donors (Lipinski definition) is 7. The number of H-pyrrole nitrogens is 1. The number of nitrogens with one attached hydrogen (secondary N) is 3. The molecule has 11 heteroatoms. The van der Waals surface area contributed by atoms with Crippen LogP contribution in [0.5, 0.6) is 5.75 Å². The number of aromatic amines is 1.